The van der Waals surface area contributed by atoms with Crippen molar-refractivity contribution in [3.63, 3.8) is 0 Å². The van der Waals surface area contributed by atoms with E-state index in [1.165, 1.54) is 11.3 Å². The number of amides is 1. The van der Waals surface area contributed by atoms with Gasteiger partial charge in [0, 0.05) is 38.0 Å². The van der Waals surface area contributed by atoms with Gasteiger partial charge in [-0.1, -0.05) is 0 Å². The number of carbonyl (C=O) groups excluding carboxylic acids is 1. The Hall–Kier alpha value is -2.87. The highest BCUT2D eigenvalue weighted by Crippen LogP contribution is 2.35. The van der Waals surface area contributed by atoms with Gasteiger partial charge < -0.3 is 14.4 Å². The molecule has 1 amide bonds. The van der Waals surface area contributed by atoms with Crippen LogP contribution in [0, 0.1) is 6.92 Å². The monoisotopic (exact) mass is 386 g/mol. The molecule has 0 aliphatic heterocycles. The van der Waals surface area contributed by atoms with Gasteiger partial charge in [-0.05, 0) is 25.1 Å². The number of carbonyl (C=O) groups is 1. The predicted molar refractivity (Wildman–Crippen MR) is 104 cm³/mol. The van der Waals surface area contributed by atoms with Crippen LogP contribution in [0.3, 0.4) is 0 Å². The number of ether oxygens (including phenoxy) is 2. The van der Waals surface area contributed by atoms with E-state index in [-0.39, 0.29) is 5.91 Å². The second-order valence-corrected chi connectivity index (χ2v) is 7.19. The molecule has 0 spiro atoms. The molecule has 0 radical (unpaired) electrons. The summed E-state index contributed by atoms with van der Waals surface area (Å²) in [5.41, 5.74) is 2.58. The average molecular weight is 386 g/mol. The minimum absolute atomic E-state index is 0.0550. The summed E-state index contributed by atoms with van der Waals surface area (Å²) in [5.74, 6) is 1.23. The van der Waals surface area contributed by atoms with Crippen molar-refractivity contribution < 1.29 is 14.3 Å². The smallest absolute Gasteiger partial charge is 0.265 e. The van der Waals surface area contributed by atoms with Gasteiger partial charge in [0.15, 0.2) is 11.5 Å². The first-order valence-corrected chi connectivity index (χ1v) is 9.17. The minimum Gasteiger partial charge on any atom is -0.493 e. The zero-order valence-corrected chi connectivity index (χ0v) is 16.8. The number of aromatic nitrogens is 3. The molecule has 0 bridgehead atoms. The standard InChI is InChI=1S/C19H22N4O3S/c1-12-17(19(24)22(2)10-13-9-20-23(3)11-13)27-18(21-12)14-6-7-15(25-4)16(8-14)26-5/h6-9,11H,10H2,1-5H3. The van der Waals surface area contributed by atoms with Crippen LogP contribution in [0.25, 0.3) is 10.6 Å². The van der Waals surface area contributed by atoms with Gasteiger partial charge in [0.25, 0.3) is 5.91 Å². The second-order valence-electron chi connectivity index (χ2n) is 6.19. The van der Waals surface area contributed by atoms with E-state index in [2.05, 4.69) is 10.1 Å². The van der Waals surface area contributed by atoms with Crippen molar-refractivity contribution in [1.82, 2.24) is 19.7 Å². The summed E-state index contributed by atoms with van der Waals surface area (Å²) in [6, 6.07) is 5.61. The Balaban J connectivity index is 1.84. The molecule has 3 rings (SSSR count). The lowest BCUT2D eigenvalue weighted by atomic mass is 10.2. The normalized spacial score (nSPS) is 10.7. The maximum absolute atomic E-state index is 12.9. The van der Waals surface area contributed by atoms with Crippen molar-refractivity contribution in [1.29, 1.82) is 0 Å². The van der Waals surface area contributed by atoms with Crippen LogP contribution in [-0.4, -0.2) is 46.8 Å². The number of methoxy groups -OCH3 is 2. The van der Waals surface area contributed by atoms with Crippen LogP contribution in [0.4, 0.5) is 0 Å². The molecular formula is C19H22N4O3S. The Morgan fingerprint density at radius 3 is 2.63 bits per heavy atom. The first-order valence-electron chi connectivity index (χ1n) is 8.35. The number of benzene rings is 1. The predicted octanol–water partition coefficient (Wildman–Crippen LogP) is 3.14. The molecule has 0 atom stereocenters. The van der Waals surface area contributed by atoms with E-state index in [1.807, 2.05) is 38.4 Å². The van der Waals surface area contributed by atoms with E-state index < -0.39 is 0 Å². The minimum atomic E-state index is -0.0550. The average Bonchev–Trinajstić information content (AvgIpc) is 3.25. The molecule has 3 aromatic rings. The van der Waals surface area contributed by atoms with Crippen molar-refractivity contribution in [2.24, 2.45) is 7.05 Å². The maximum atomic E-state index is 12.9. The summed E-state index contributed by atoms with van der Waals surface area (Å²) in [4.78, 5) is 19.8. The maximum Gasteiger partial charge on any atom is 0.265 e. The zero-order chi connectivity index (χ0) is 19.6. The molecule has 0 aliphatic rings. The Kier molecular flexibility index (Phi) is 5.46. The molecule has 0 saturated heterocycles. The Morgan fingerprint density at radius 1 is 1.26 bits per heavy atom. The van der Waals surface area contributed by atoms with Crippen molar-refractivity contribution in [2.45, 2.75) is 13.5 Å². The molecule has 0 aliphatic carbocycles. The summed E-state index contributed by atoms with van der Waals surface area (Å²) in [6.07, 6.45) is 3.66. The van der Waals surface area contributed by atoms with Gasteiger partial charge in [-0.2, -0.15) is 5.10 Å². The molecule has 0 unspecified atom stereocenters. The highest BCUT2D eigenvalue weighted by atomic mass is 32.1. The van der Waals surface area contributed by atoms with E-state index in [4.69, 9.17) is 9.47 Å². The SMILES string of the molecule is COc1ccc(-c2nc(C)c(C(=O)N(C)Cc3cnn(C)c3)s2)cc1OC. The molecule has 7 nitrogen and oxygen atoms in total. The quantitative estimate of drug-likeness (QED) is 0.651. The third-order valence-corrected chi connectivity index (χ3v) is 5.34. The fourth-order valence-corrected chi connectivity index (χ4v) is 3.82. The van der Waals surface area contributed by atoms with Crippen LogP contribution in [0.2, 0.25) is 0 Å². The molecule has 2 heterocycles. The number of hydrogen-bond acceptors (Lipinski definition) is 6. The van der Waals surface area contributed by atoms with E-state index in [0.717, 1.165) is 16.1 Å². The van der Waals surface area contributed by atoms with E-state index in [0.29, 0.717) is 28.6 Å². The number of thiazole rings is 1. The number of rotatable bonds is 6. The van der Waals surface area contributed by atoms with Gasteiger partial charge in [-0.25, -0.2) is 4.98 Å². The topological polar surface area (TPSA) is 69.5 Å². The van der Waals surface area contributed by atoms with Gasteiger partial charge in [-0.15, -0.1) is 11.3 Å². The molecular weight excluding hydrogens is 364 g/mol. The highest BCUT2D eigenvalue weighted by Gasteiger charge is 2.20. The third kappa shape index (κ3) is 3.95. The third-order valence-electron chi connectivity index (χ3n) is 4.15. The molecule has 2 aromatic heterocycles. The summed E-state index contributed by atoms with van der Waals surface area (Å²) in [6.45, 7) is 2.35. The number of hydrogen-bond donors (Lipinski definition) is 0. The molecule has 27 heavy (non-hydrogen) atoms. The molecule has 142 valence electrons. The van der Waals surface area contributed by atoms with Gasteiger partial charge in [0.2, 0.25) is 0 Å². The van der Waals surface area contributed by atoms with Crippen LogP contribution in [0.15, 0.2) is 30.6 Å². The first-order chi connectivity index (χ1) is 12.9. The van der Waals surface area contributed by atoms with Crippen LogP contribution in [0.1, 0.15) is 20.9 Å². The van der Waals surface area contributed by atoms with Crippen molar-refractivity contribution >= 4 is 17.2 Å². The molecule has 1 aromatic carbocycles. The van der Waals surface area contributed by atoms with E-state index >= 15 is 0 Å². The molecule has 0 saturated carbocycles. The van der Waals surface area contributed by atoms with Gasteiger partial charge in [0.05, 0.1) is 26.1 Å². The van der Waals surface area contributed by atoms with Crippen molar-refractivity contribution in [2.75, 3.05) is 21.3 Å². The molecule has 0 fully saturated rings. The Labute approximate surface area is 162 Å². The van der Waals surface area contributed by atoms with Crippen LogP contribution in [0.5, 0.6) is 11.5 Å². The Bertz CT molecular complexity index is 964. The Morgan fingerprint density at radius 2 is 2.00 bits per heavy atom. The van der Waals surface area contributed by atoms with E-state index in [9.17, 15) is 4.79 Å². The fraction of sp³-hybridized carbons (Fsp3) is 0.316. The second kappa shape index (κ2) is 7.79. The van der Waals surface area contributed by atoms with Crippen LogP contribution < -0.4 is 9.47 Å². The molecule has 8 heteroatoms. The lowest BCUT2D eigenvalue weighted by molar-refractivity contribution is 0.0789. The number of nitrogens with zero attached hydrogens (tertiary/aromatic N) is 4. The fourth-order valence-electron chi connectivity index (χ4n) is 2.76. The van der Waals surface area contributed by atoms with Crippen molar-refractivity contribution in [3.8, 4) is 22.1 Å². The van der Waals surface area contributed by atoms with Gasteiger partial charge in [0.1, 0.15) is 9.88 Å². The molecule has 0 N–H and O–H groups in total. The van der Waals surface area contributed by atoms with Crippen molar-refractivity contribution in [3.05, 3.63) is 46.7 Å². The summed E-state index contributed by atoms with van der Waals surface area (Å²) >= 11 is 1.38. The van der Waals surface area contributed by atoms with Gasteiger partial charge in [-0.3, -0.25) is 9.48 Å². The summed E-state index contributed by atoms with van der Waals surface area (Å²) in [5, 5.41) is 4.91. The lowest BCUT2D eigenvalue weighted by Gasteiger charge is -2.15. The van der Waals surface area contributed by atoms with Crippen LogP contribution in [-0.2, 0) is 13.6 Å². The first kappa shape index (κ1) is 18.9. The number of aryl methyl sites for hydroxylation is 2. The summed E-state index contributed by atoms with van der Waals surface area (Å²) < 4.78 is 12.4. The zero-order valence-electron chi connectivity index (χ0n) is 16.0. The lowest BCUT2D eigenvalue weighted by Crippen LogP contribution is -2.25. The van der Waals surface area contributed by atoms with Gasteiger partial charge >= 0.3 is 0 Å². The largest absolute Gasteiger partial charge is 0.493 e. The highest BCUT2D eigenvalue weighted by molar-refractivity contribution is 7.17. The van der Waals surface area contributed by atoms with Crippen LogP contribution >= 0.6 is 11.3 Å². The summed E-state index contributed by atoms with van der Waals surface area (Å²) in [7, 11) is 6.83. The van der Waals surface area contributed by atoms with E-state index in [1.54, 1.807) is 37.0 Å².